The third-order valence-electron chi connectivity index (χ3n) is 3.64. The molecule has 2 aliphatic heterocycles. The standard InChI is InChI=1S/C11H17N3O3S/c15-18(16)6-2-3-8(7-18)11-13-10(14-17-11)9-4-1-5-12-9/h8-9,12H,1-7H2. The van der Waals surface area contributed by atoms with E-state index >= 15 is 0 Å². The van der Waals surface area contributed by atoms with Gasteiger partial charge < -0.3 is 9.84 Å². The van der Waals surface area contributed by atoms with Crippen LogP contribution in [0, 0.1) is 0 Å². The van der Waals surface area contributed by atoms with Crippen LogP contribution >= 0.6 is 0 Å². The third kappa shape index (κ3) is 2.42. The molecule has 1 aromatic rings. The molecule has 0 spiro atoms. The van der Waals surface area contributed by atoms with Crippen LogP contribution in [-0.4, -0.2) is 36.6 Å². The van der Waals surface area contributed by atoms with Crippen LogP contribution in [-0.2, 0) is 9.84 Å². The Labute approximate surface area is 106 Å². The van der Waals surface area contributed by atoms with Crippen LogP contribution in [0.25, 0.3) is 0 Å². The van der Waals surface area contributed by atoms with Gasteiger partial charge in [-0.25, -0.2) is 8.42 Å². The topological polar surface area (TPSA) is 85.1 Å². The van der Waals surface area contributed by atoms with Crippen LogP contribution in [0.5, 0.6) is 0 Å². The number of rotatable bonds is 2. The number of hydrogen-bond acceptors (Lipinski definition) is 6. The predicted octanol–water partition coefficient (Wildman–Crippen LogP) is 0.786. The van der Waals surface area contributed by atoms with Gasteiger partial charge in [0.1, 0.15) is 0 Å². The van der Waals surface area contributed by atoms with Gasteiger partial charge in [-0.2, -0.15) is 4.98 Å². The SMILES string of the molecule is O=S1(=O)CCCC(c2nc(C3CCCN3)no2)C1. The highest BCUT2D eigenvalue weighted by Gasteiger charge is 2.31. The number of nitrogens with zero attached hydrogens (tertiary/aromatic N) is 2. The van der Waals surface area contributed by atoms with Crippen LogP contribution < -0.4 is 5.32 Å². The van der Waals surface area contributed by atoms with E-state index in [1.54, 1.807) is 0 Å². The lowest BCUT2D eigenvalue weighted by molar-refractivity contribution is 0.343. The van der Waals surface area contributed by atoms with E-state index in [0.717, 1.165) is 25.8 Å². The lowest BCUT2D eigenvalue weighted by Crippen LogP contribution is -2.24. The number of hydrogen-bond donors (Lipinski definition) is 1. The first kappa shape index (κ1) is 12.1. The Morgan fingerprint density at radius 2 is 2.17 bits per heavy atom. The molecular weight excluding hydrogens is 254 g/mol. The summed E-state index contributed by atoms with van der Waals surface area (Å²) in [6.45, 7) is 0.979. The van der Waals surface area contributed by atoms with Gasteiger partial charge in [-0.15, -0.1) is 0 Å². The maximum Gasteiger partial charge on any atom is 0.230 e. The van der Waals surface area contributed by atoms with E-state index in [4.69, 9.17) is 4.52 Å². The molecule has 0 amide bonds. The van der Waals surface area contributed by atoms with Crippen molar-refractivity contribution in [3.05, 3.63) is 11.7 Å². The van der Waals surface area contributed by atoms with Gasteiger partial charge in [-0.05, 0) is 32.2 Å². The first-order valence-corrected chi connectivity index (χ1v) is 8.23. The molecule has 1 N–H and O–H groups in total. The van der Waals surface area contributed by atoms with Crippen molar-refractivity contribution in [2.24, 2.45) is 0 Å². The average Bonchev–Trinajstić information content (AvgIpc) is 2.99. The fourth-order valence-electron chi connectivity index (χ4n) is 2.68. The lowest BCUT2D eigenvalue weighted by atomic mass is 10.1. The minimum atomic E-state index is -2.93. The van der Waals surface area contributed by atoms with Crippen LogP contribution in [0.4, 0.5) is 0 Å². The molecule has 0 aliphatic carbocycles. The molecule has 3 rings (SSSR count). The Morgan fingerprint density at radius 3 is 2.89 bits per heavy atom. The van der Waals surface area contributed by atoms with E-state index in [9.17, 15) is 8.42 Å². The zero-order valence-corrected chi connectivity index (χ0v) is 10.9. The van der Waals surface area contributed by atoms with Gasteiger partial charge in [0.15, 0.2) is 15.7 Å². The first-order valence-electron chi connectivity index (χ1n) is 6.41. The molecule has 0 aromatic carbocycles. The second-order valence-corrected chi connectivity index (χ2v) is 7.32. The summed E-state index contributed by atoms with van der Waals surface area (Å²) in [5, 5.41) is 7.28. The Bertz CT molecular complexity index is 519. The largest absolute Gasteiger partial charge is 0.339 e. The average molecular weight is 271 g/mol. The molecule has 2 saturated heterocycles. The second-order valence-electron chi connectivity index (χ2n) is 5.09. The Morgan fingerprint density at radius 1 is 1.28 bits per heavy atom. The number of aromatic nitrogens is 2. The van der Waals surface area contributed by atoms with Crippen molar-refractivity contribution in [2.45, 2.75) is 37.6 Å². The third-order valence-corrected chi connectivity index (χ3v) is 5.46. The van der Waals surface area contributed by atoms with Crippen LogP contribution in [0.3, 0.4) is 0 Å². The quantitative estimate of drug-likeness (QED) is 0.856. The van der Waals surface area contributed by atoms with E-state index in [2.05, 4.69) is 15.5 Å². The van der Waals surface area contributed by atoms with Crippen LogP contribution in [0.1, 0.15) is 49.4 Å². The van der Waals surface area contributed by atoms with Gasteiger partial charge in [0.2, 0.25) is 5.89 Å². The van der Waals surface area contributed by atoms with Crippen LogP contribution in [0.15, 0.2) is 4.52 Å². The number of nitrogens with one attached hydrogen (secondary N) is 1. The maximum atomic E-state index is 11.6. The molecule has 7 heteroatoms. The van der Waals surface area contributed by atoms with Crippen molar-refractivity contribution < 1.29 is 12.9 Å². The fraction of sp³-hybridized carbons (Fsp3) is 0.818. The summed E-state index contributed by atoms with van der Waals surface area (Å²) in [6.07, 6.45) is 3.64. The first-order chi connectivity index (χ1) is 8.64. The molecule has 0 saturated carbocycles. The van der Waals surface area contributed by atoms with E-state index in [1.165, 1.54) is 0 Å². The molecular formula is C11H17N3O3S. The minimum Gasteiger partial charge on any atom is -0.339 e. The zero-order chi connectivity index (χ0) is 12.6. The smallest absolute Gasteiger partial charge is 0.230 e. The van der Waals surface area contributed by atoms with Crippen molar-refractivity contribution in [2.75, 3.05) is 18.1 Å². The molecule has 18 heavy (non-hydrogen) atoms. The van der Waals surface area contributed by atoms with Gasteiger partial charge >= 0.3 is 0 Å². The van der Waals surface area contributed by atoms with Gasteiger partial charge in [0, 0.05) is 0 Å². The van der Waals surface area contributed by atoms with Gasteiger partial charge in [-0.1, -0.05) is 5.16 Å². The van der Waals surface area contributed by atoms with E-state index in [1.807, 2.05) is 0 Å². The summed E-state index contributed by atoms with van der Waals surface area (Å²) in [5.74, 6) is 1.47. The Kier molecular flexibility index (Phi) is 3.11. The Balaban J connectivity index is 1.76. The molecule has 3 heterocycles. The highest BCUT2D eigenvalue weighted by Crippen LogP contribution is 2.28. The van der Waals surface area contributed by atoms with Crippen molar-refractivity contribution in [1.29, 1.82) is 0 Å². The van der Waals surface area contributed by atoms with Gasteiger partial charge in [0.25, 0.3) is 0 Å². The highest BCUT2D eigenvalue weighted by atomic mass is 32.2. The van der Waals surface area contributed by atoms with Crippen molar-refractivity contribution in [3.8, 4) is 0 Å². The maximum absolute atomic E-state index is 11.6. The summed E-state index contributed by atoms with van der Waals surface area (Å²) >= 11 is 0. The van der Waals surface area contributed by atoms with Gasteiger partial charge in [0.05, 0.1) is 23.5 Å². The molecule has 2 unspecified atom stereocenters. The molecule has 0 bridgehead atoms. The lowest BCUT2D eigenvalue weighted by Gasteiger charge is -2.18. The summed E-state index contributed by atoms with van der Waals surface area (Å²) < 4.78 is 28.4. The van der Waals surface area contributed by atoms with E-state index < -0.39 is 9.84 Å². The zero-order valence-electron chi connectivity index (χ0n) is 10.1. The highest BCUT2D eigenvalue weighted by molar-refractivity contribution is 7.91. The minimum absolute atomic E-state index is 0.119. The van der Waals surface area contributed by atoms with Crippen molar-refractivity contribution >= 4 is 9.84 Å². The second kappa shape index (κ2) is 4.62. The summed E-state index contributed by atoms with van der Waals surface area (Å²) in [5.41, 5.74) is 0. The molecule has 2 fully saturated rings. The van der Waals surface area contributed by atoms with E-state index in [-0.39, 0.29) is 23.5 Å². The molecule has 0 radical (unpaired) electrons. The Hall–Kier alpha value is -0.950. The van der Waals surface area contributed by atoms with Gasteiger partial charge in [-0.3, -0.25) is 0 Å². The summed E-state index contributed by atoms with van der Waals surface area (Å²) in [4.78, 5) is 4.38. The summed E-state index contributed by atoms with van der Waals surface area (Å²) in [6, 6.07) is 0.169. The molecule has 2 aliphatic rings. The van der Waals surface area contributed by atoms with E-state index in [0.29, 0.717) is 18.1 Å². The normalized spacial score (nSPS) is 31.6. The fourth-order valence-corrected chi connectivity index (χ4v) is 4.37. The molecule has 2 atom stereocenters. The predicted molar refractivity (Wildman–Crippen MR) is 64.9 cm³/mol. The van der Waals surface area contributed by atoms with Crippen LogP contribution in [0.2, 0.25) is 0 Å². The van der Waals surface area contributed by atoms with Crippen molar-refractivity contribution in [1.82, 2.24) is 15.5 Å². The molecule has 1 aromatic heterocycles. The molecule has 6 nitrogen and oxygen atoms in total. The summed E-state index contributed by atoms with van der Waals surface area (Å²) in [7, 11) is -2.93. The monoisotopic (exact) mass is 271 g/mol. The van der Waals surface area contributed by atoms with Crippen molar-refractivity contribution in [3.63, 3.8) is 0 Å². The molecule has 100 valence electrons. The number of sulfone groups is 1.